The quantitative estimate of drug-likeness (QED) is 0.837. The number of aliphatic hydroxyl groups is 1. The highest BCUT2D eigenvalue weighted by atomic mass is 35.5. The molecule has 0 aliphatic carbocycles. The number of benzene rings is 1. The lowest BCUT2D eigenvalue weighted by molar-refractivity contribution is 0.103. The van der Waals surface area contributed by atoms with E-state index in [9.17, 15) is 4.79 Å². The number of hydrogen-bond donors (Lipinski definition) is 2. The van der Waals surface area contributed by atoms with Crippen LogP contribution in [0.1, 0.15) is 20.1 Å². The fourth-order valence-electron chi connectivity index (χ4n) is 1.52. The van der Waals surface area contributed by atoms with Crippen molar-refractivity contribution in [2.24, 2.45) is 0 Å². The number of nitriles is 1. The van der Waals surface area contributed by atoms with Crippen LogP contribution >= 0.6 is 22.9 Å². The SMILES string of the molecule is N#Cc1ccc(NC(=O)c2ccc(C#CCO)s2)c(Cl)c1. The Bertz CT molecular complexity index is 781. The van der Waals surface area contributed by atoms with E-state index >= 15 is 0 Å². The molecule has 0 aliphatic rings. The van der Waals surface area contributed by atoms with Gasteiger partial charge in [-0.2, -0.15) is 5.26 Å². The van der Waals surface area contributed by atoms with Gasteiger partial charge in [-0.25, -0.2) is 0 Å². The first-order valence-corrected chi connectivity index (χ1v) is 7.04. The maximum absolute atomic E-state index is 12.1. The summed E-state index contributed by atoms with van der Waals surface area (Å²) in [5.74, 6) is 4.95. The van der Waals surface area contributed by atoms with Gasteiger partial charge in [0.2, 0.25) is 0 Å². The summed E-state index contributed by atoms with van der Waals surface area (Å²) in [6.07, 6.45) is 0. The molecule has 1 heterocycles. The van der Waals surface area contributed by atoms with Crippen molar-refractivity contribution in [3.63, 3.8) is 0 Å². The van der Waals surface area contributed by atoms with Crippen LogP contribution in [0, 0.1) is 23.2 Å². The number of nitrogens with zero attached hydrogens (tertiary/aromatic N) is 1. The van der Waals surface area contributed by atoms with E-state index in [2.05, 4.69) is 17.2 Å². The van der Waals surface area contributed by atoms with E-state index in [1.165, 1.54) is 17.4 Å². The highest BCUT2D eigenvalue weighted by Crippen LogP contribution is 2.24. The van der Waals surface area contributed by atoms with Gasteiger partial charge in [0.1, 0.15) is 6.61 Å². The van der Waals surface area contributed by atoms with Crippen LogP contribution in [0.3, 0.4) is 0 Å². The average molecular weight is 317 g/mol. The summed E-state index contributed by atoms with van der Waals surface area (Å²) in [5.41, 5.74) is 0.868. The highest BCUT2D eigenvalue weighted by molar-refractivity contribution is 7.14. The lowest BCUT2D eigenvalue weighted by Crippen LogP contribution is -2.10. The standard InChI is InChI=1S/C15H9ClN2O2S/c16-12-8-10(9-17)3-5-13(12)18-15(20)14-6-4-11(21-14)2-1-7-19/h3-6,8,19H,7H2,(H,18,20). The Morgan fingerprint density at radius 2 is 2.19 bits per heavy atom. The molecule has 0 saturated carbocycles. The van der Waals surface area contributed by atoms with Crippen molar-refractivity contribution < 1.29 is 9.90 Å². The molecule has 0 spiro atoms. The van der Waals surface area contributed by atoms with Gasteiger partial charge in [0, 0.05) is 0 Å². The van der Waals surface area contributed by atoms with Crippen LogP contribution in [0.5, 0.6) is 0 Å². The van der Waals surface area contributed by atoms with Crippen LogP contribution in [0.25, 0.3) is 0 Å². The van der Waals surface area contributed by atoms with E-state index in [-0.39, 0.29) is 12.5 Å². The van der Waals surface area contributed by atoms with Crippen LogP contribution in [0.2, 0.25) is 5.02 Å². The number of halogens is 1. The van der Waals surface area contributed by atoms with Crippen molar-refractivity contribution in [2.75, 3.05) is 11.9 Å². The molecule has 0 aliphatic heterocycles. The van der Waals surface area contributed by atoms with Crippen molar-refractivity contribution in [1.29, 1.82) is 5.26 Å². The Kier molecular flexibility index (Phi) is 4.97. The molecule has 0 unspecified atom stereocenters. The molecular formula is C15H9ClN2O2S. The van der Waals surface area contributed by atoms with Crippen LogP contribution in [-0.2, 0) is 0 Å². The third kappa shape index (κ3) is 3.84. The molecule has 0 bridgehead atoms. The van der Waals surface area contributed by atoms with Gasteiger partial charge in [0.15, 0.2) is 0 Å². The summed E-state index contributed by atoms with van der Waals surface area (Å²) in [6, 6.07) is 9.98. The van der Waals surface area contributed by atoms with E-state index in [4.69, 9.17) is 22.0 Å². The van der Waals surface area contributed by atoms with Crippen molar-refractivity contribution in [3.05, 3.63) is 50.7 Å². The zero-order valence-corrected chi connectivity index (χ0v) is 12.3. The Labute approximate surface area is 130 Å². The second-order valence-electron chi connectivity index (χ2n) is 3.88. The van der Waals surface area contributed by atoms with Gasteiger partial charge in [0.25, 0.3) is 5.91 Å². The minimum Gasteiger partial charge on any atom is -0.384 e. The molecule has 104 valence electrons. The Balaban J connectivity index is 2.15. The molecular weight excluding hydrogens is 308 g/mol. The maximum atomic E-state index is 12.1. The normalized spacial score (nSPS) is 9.38. The zero-order valence-electron chi connectivity index (χ0n) is 10.7. The van der Waals surface area contributed by atoms with Gasteiger partial charge < -0.3 is 10.4 Å². The van der Waals surface area contributed by atoms with E-state index in [1.54, 1.807) is 24.3 Å². The van der Waals surface area contributed by atoms with Crippen molar-refractivity contribution >= 4 is 34.5 Å². The summed E-state index contributed by atoms with van der Waals surface area (Å²) in [4.78, 5) is 13.3. The molecule has 0 atom stereocenters. The Hall–Kier alpha value is -2.31. The predicted molar refractivity (Wildman–Crippen MR) is 82.4 cm³/mol. The number of hydrogen-bond acceptors (Lipinski definition) is 4. The number of nitrogens with one attached hydrogen (secondary N) is 1. The summed E-state index contributed by atoms with van der Waals surface area (Å²) in [6.45, 7) is -0.222. The van der Waals surface area contributed by atoms with Crippen LogP contribution in [-0.4, -0.2) is 17.6 Å². The summed E-state index contributed by atoms with van der Waals surface area (Å²) in [5, 5.41) is 20.4. The molecule has 0 radical (unpaired) electrons. The largest absolute Gasteiger partial charge is 0.384 e. The zero-order chi connectivity index (χ0) is 15.2. The molecule has 2 rings (SSSR count). The van der Waals surface area contributed by atoms with Gasteiger partial charge >= 0.3 is 0 Å². The van der Waals surface area contributed by atoms with Crippen molar-refractivity contribution in [3.8, 4) is 17.9 Å². The van der Waals surface area contributed by atoms with Gasteiger partial charge in [-0.15, -0.1) is 11.3 Å². The average Bonchev–Trinajstić information content (AvgIpc) is 2.96. The number of thiophene rings is 1. The van der Waals surface area contributed by atoms with Crippen molar-refractivity contribution in [2.45, 2.75) is 0 Å². The van der Waals surface area contributed by atoms with Gasteiger partial charge in [-0.1, -0.05) is 23.4 Å². The number of aliphatic hydroxyl groups excluding tert-OH is 1. The first kappa shape index (κ1) is 15.1. The monoisotopic (exact) mass is 316 g/mol. The maximum Gasteiger partial charge on any atom is 0.265 e. The number of amides is 1. The summed E-state index contributed by atoms with van der Waals surface area (Å²) >= 11 is 7.22. The second-order valence-corrected chi connectivity index (χ2v) is 5.38. The van der Waals surface area contributed by atoms with Crippen LogP contribution < -0.4 is 5.32 Å². The molecule has 4 nitrogen and oxygen atoms in total. The third-order valence-corrected chi connectivity index (χ3v) is 3.78. The fraction of sp³-hybridized carbons (Fsp3) is 0.0667. The molecule has 2 N–H and O–H groups in total. The molecule has 2 aromatic rings. The number of carbonyl (C=O) groups is 1. The Morgan fingerprint density at radius 1 is 1.38 bits per heavy atom. The minimum atomic E-state index is -0.302. The fourth-order valence-corrected chi connectivity index (χ4v) is 2.53. The number of carbonyl (C=O) groups excluding carboxylic acids is 1. The summed E-state index contributed by atoms with van der Waals surface area (Å²) < 4.78 is 0. The predicted octanol–water partition coefficient (Wildman–Crippen LogP) is 2.87. The lowest BCUT2D eigenvalue weighted by atomic mass is 10.2. The van der Waals surface area contributed by atoms with Gasteiger partial charge in [-0.3, -0.25) is 4.79 Å². The first-order valence-electron chi connectivity index (χ1n) is 5.84. The molecule has 1 aromatic carbocycles. The minimum absolute atomic E-state index is 0.222. The smallest absolute Gasteiger partial charge is 0.265 e. The van der Waals surface area contributed by atoms with Gasteiger partial charge in [0.05, 0.1) is 32.1 Å². The molecule has 1 aromatic heterocycles. The van der Waals surface area contributed by atoms with Crippen LogP contribution in [0.15, 0.2) is 30.3 Å². The van der Waals surface area contributed by atoms with E-state index in [0.29, 0.717) is 26.0 Å². The van der Waals surface area contributed by atoms with E-state index < -0.39 is 0 Å². The third-order valence-electron chi connectivity index (χ3n) is 2.47. The Morgan fingerprint density at radius 3 is 2.86 bits per heavy atom. The molecule has 1 amide bonds. The van der Waals surface area contributed by atoms with Crippen molar-refractivity contribution in [1.82, 2.24) is 0 Å². The lowest BCUT2D eigenvalue weighted by Gasteiger charge is -2.05. The second kappa shape index (κ2) is 6.92. The molecule has 0 saturated heterocycles. The van der Waals surface area contributed by atoms with E-state index in [0.717, 1.165) is 0 Å². The number of anilines is 1. The topological polar surface area (TPSA) is 73.1 Å². The molecule has 21 heavy (non-hydrogen) atoms. The van der Waals surface area contributed by atoms with E-state index in [1.807, 2.05) is 6.07 Å². The first-order chi connectivity index (χ1) is 10.1. The molecule has 0 fully saturated rings. The molecule has 6 heteroatoms. The van der Waals surface area contributed by atoms with Gasteiger partial charge in [-0.05, 0) is 30.3 Å². The number of rotatable bonds is 2. The summed E-state index contributed by atoms with van der Waals surface area (Å²) in [7, 11) is 0. The highest BCUT2D eigenvalue weighted by Gasteiger charge is 2.11. The van der Waals surface area contributed by atoms with Crippen LogP contribution in [0.4, 0.5) is 5.69 Å².